The number of rotatable bonds is 12. The van der Waals surface area contributed by atoms with Crippen molar-refractivity contribution < 1.29 is 0 Å². The van der Waals surface area contributed by atoms with Crippen LogP contribution in [0.3, 0.4) is 0 Å². The third-order valence-corrected chi connectivity index (χ3v) is 4.28. The van der Waals surface area contributed by atoms with Crippen molar-refractivity contribution in [2.45, 2.75) is 84.1 Å². The molecule has 0 aliphatic rings. The molecule has 0 aliphatic carbocycles. The van der Waals surface area contributed by atoms with Gasteiger partial charge in [-0.3, -0.25) is 11.3 Å². The lowest BCUT2D eigenvalue weighted by Crippen LogP contribution is -2.27. The molecule has 3 N–H and O–H groups in total. The van der Waals surface area contributed by atoms with Gasteiger partial charge in [-0.05, 0) is 18.9 Å². The van der Waals surface area contributed by atoms with Crippen molar-refractivity contribution in [3.05, 3.63) is 35.4 Å². The van der Waals surface area contributed by atoms with Crippen LogP contribution in [0.1, 0.15) is 88.3 Å². The molecular weight excluding hydrogens is 256 g/mol. The second-order valence-electron chi connectivity index (χ2n) is 6.25. The minimum Gasteiger partial charge on any atom is -0.271 e. The molecule has 0 spiro atoms. The first-order chi connectivity index (χ1) is 10.3. The molecule has 1 rings (SSSR count). The van der Waals surface area contributed by atoms with Gasteiger partial charge < -0.3 is 0 Å². The Kier molecular flexibility index (Phi) is 10.2. The zero-order chi connectivity index (χ0) is 15.3. The van der Waals surface area contributed by atoms with Gasteiger partial charge in [-0.15, -0.1) is 0 Å². The molecule has 1 aromatic carbocycles. The molecule has 1 atom stereocenters. The zero-order valence-electron chi connectivity index (χ0n) is 14.0. The van der Waals surface area contributed by atoms with Gasteiger partial charge in [-0.25, -0.2) is 0 Å². The van der Waals surface area contributed by atoms with Crippen LogP contribution in [-0.4, -0.2) is 0 Å². The smallest absolute Gasteiger partial charge is 0.0460 e. The predicted octanol–water partition coefficient (Wildman–Crippen LogP) is 5.42. The van der Waals surface area contributed by atoms with E-state index in [-0.39, 0.29) is 0 Å². The number of aryl methyl sites for hydroxylation is 1. The molecule has 0 fully saturated rings. The number of nitrogens with one attached hydrogen (secondary N) is 1. The summed E-state index contributed by atoms with van der Waals surface area (Å²) in [5.41, 5.74) is 5.57. The molecule has 0 radical (unpaired) electrons. The van der Waals surface area contributed by atoms with Gasteiger partial charge in [0.15, 0.2) is 0 Å². The van der Waals surface area contributed by atoms with Crippen LogP contribution in [0.4, 0.5) is 0 Å². The van der Waals surface area contributed by atoms with Gasteiger partial charge in [0.2, 0.25) is 0 Å². The van der Waals surface area contributed by atoms with E-state index in [1.165, 1.54) is 68.9 Å². The van der Waals surface area contributed by atoms with Crippen LogP contribution in [0.2, 0.25) is 0 Å². The molecule has 0 aliphatic heterocycles. The fraction of sp³-hybridized carbons (Fsp3) is 0.684. The van der Waals surface area contributed by atoms with Crippen LogP contribution in [-0.2, 0) is 0 Å². The molecule has 1 unspecified atom stereocenters. The Morgan fingerprint density at radius 2 is 1.38 bits per heavy atom. The summed E-state index contributed by atoms with van der Waals surface area (Å²) in [6.45, 7) is 4.39. The SMILES string of the molecule is CCCCCCCCCCCC(NN)c1ccc(C)cc1. The zero-order valence-corrected chi connectivity index (χ0v) is 14.0. The molecule has 0 aromatic heterocycles. The molecule has 0 bridgehead atoms. The predicted molar refractivity (Wildman–Crippen MR) is 93.1 cm³/mol. The first-order valence-electron chi connectivity index (χ1n) is 8.80. The Hall–Kier alpha value is -0.860. The maximum atomic E-state index is 5.70. The summed E-state index contributed by atoms with van der Waals surface area (Å²) >= 11 is 0. The number of benzene rings is 1. The van der Waals surface area contributed by atoms with E-state index in [0.717, 1.165) is 6.42 Å². The molecule has 1 aromatic rings. The van der Waals surface area contributed by atoms with Gasteiger partial charge in [0, 0.05) is 6.04 Å². The van der Waals surface area contributed by atoms with E-state index in [2.05, 4.69) is 43.5 Å². The highest BCUT2D eigenvalue weighted by Crippen LogP contribution is 2.20. The first-order valence-corrected chi connectivity index (χ1v) is 8.80. The second kappa shape index (κ2) is 11.8. The number of unbranched alkanes of at least 4 members (excludes halogenated alkanes) is 8. The molecule has 0 saturated carbocycles. The Morgan fingerprint density at radius 1 is 0.857 bits per heavy atom. The lowest BCUT2D eigenvalue weighted by Gasteiger charge is -2.16. The van der Waals surface area contributed by atoms with Crippen molar-refractivity contribution in [1.29, 1.82) is 0 Å². The normalized spacial score (nSPS) is 12.5. The monoisotopic (exact) mass is 290 g/mol. The third-order valence-electron chi connectivity index (χ3n) is 4.28. The van der Waals surface area contributed by atoms with Crippen LogP contribution in [0.15, 0.2) is 24.3 Å². The van der Waals surface area contributed by atoms with Gasteiger partial charge in [0.05, 0.1) is 0 Å². The van der Waals surface area contributed by atoms with E-state index < -0.39 is 0 Å². The van der Waals surface area contributed by atoms with E-state index in [4.69, 9.17) is 5.84 Å². The first kappa shape index (κ1) is 18.2. The quantitative estimate of drug-likeness (QED) is 0.306. The fourth-order valence-corrected chi connectivity index (χ4v) is 2.80. The van der Waals surface area contributed by atoms with Gasteiger partial charge >= 0.3 is 0 Å². The van der Waals surface area contributed by atoms with Crippen LogP contribution in [0.25, 0.3) is 0 Å². The Balaban J connectivity index is 2.08. The van der Waals surface area contributed by atoms with Crippen LogP contribution in [0.5, 0.6) is 0 Å². The minimum absolute atomic E-state index is 0.301. The summed E-state index contributed by atoms with van der Waals surface area (Å²) in [4.78, 5) is 0. The maximum Gasteiger partial charge on any atom is 0.0460 e. The molecule has 120 valence electrons. The largest absolute Gasteiger partial charge is 0.271 e. The second-order valence-corrected chi connectivity index (χ2v) is 6.25. The van der Waals surface area contributed by atoms with Crippen molar-refractivity contribution in [2.24, 2.45) is 5.84 Å². The van der Waals surface area contributed by atoms with Crippen LogP contribution < -0.4 is 11.3 Å². The van der Waals surface area contributed by atoms with E-state index in [0.29, 0.717) is 6.04 Å². The summed E-state index contributed by atoms with van der Waals surface area (Å²) in [5, 5.41) is 0. The van der Waals surface area contributed by atoms with Crippen molar-refractivity contribution in [3.63, 3.8) is 0 Å². The highest BCUT2D eigenvalue weighted by atomic mass is 15.2. The fourth-order valence-electron chi connectivity index (χ4n) is 2.80. The standard InChI is InChI=1S/C19H34N2/c1-3-4-5-6-7-8-9-10-11-12-19(21-20)18-15-13-17(2)14-16-18/h13-16,19,21H,3-12,20H2,1-2H3. The van der Waals surface area contributed by atoms with Crippen molar-refractivity contribution in [1.82, 2.24) is 5.43 Å². The van der Waals surface area contributed by atoms with Gasteiger partial charge in [0.25, 0.3) is 0 Å². The van der Waals surface area contributed by atoms with Crippen LogP contribution >= 0.6 is 0 Å². The summed E-state index contributed by atoms with van der Waals surface area (Å²) < 4.78 is 0. The Bertz CT molecular complexity index is 345. The Morgan fingerprint density at radius 3 is 1.90 bits per heavy atom. The van der Waals surface area contributed by atoms with Crippen molar-refractivity contribution in [2.75, 3.05) is 0 Å². The summed E-state index contributed by atoms with van der Waals surface area (Å²) in [5.74, 6) is 5.70. The van der Waals surface area contributed by atoms with Gasteiger partial charge in [-0.1, -0.05) is 94.5 Å². The van der Waals surface area contributed by atoms with Gasteiger partial charge in [0.1, 0.15) is 0 Å². The number of hydrazine groups is 1. The maximum absolute atomic E-state index is 5.70. The molecule has 2 nitrogen and oxygen atoms in total. The molecule has 21 heavy (non-hydrogen) atoms. The summed E-state index contributed by atoms with van der Waals surface area (Å²) in [7, 11) is 0. The molecule has 0 amide bonds. The number of hydrogen-bond acceptors (Lipinski definition) is 2. The lowest BCUT2D eigenvalue weighted by molar-refractivity contribution is 0.474. The average molecular weight is 290 g/mol. The molecular formula is C19H34N2. The summed E-state index contributed by atoms with van der Waals surface area (Å²) in [6.07, 6.45) is 13.5. The summed E-state index contributed by atoms with van der Waals surface area (Å²) in [6, 6.07) is 9.00. The van der Waals surface area contributed by atoms with Gasteiger partial charge in [-0.2, -0.15) is 0 Å². The number of nitrogens with two attached hydrogens (primary N) is 1. The number of hydrogen-bond donors (Lipinski definition) is 2. The van der Waals surface area contributed by atoms with Crippen molar-refractivity contribution >= 4 is 0 Å². The van der Waals surface area contributed by atoms with Crippen molar-refractivity contribution in [3.8, 4) is 0 Å². The third kappa shape index (κ3) is 8.23. The molecule has 2 heteroatoms. The van der Waals surface area contributed by atoms with E-state index >= 15 is 0 Å². The van der Waals surface area contributed by atoms with Crippen LogP contribution in [0, 0.1) is 6.92 Å². The van der Waals surface area contributed by atoms with E-state index in [1.807, 2.05) is 0 Å². The average Bonchev–Trinajstić information content (AvgIpc) is 2.51. The highest BCUT2D eigenvalue weighted by molar-refractivity contribution is 5.23. The van der Waals surface area contributed by atoms with E-state index in [1.54, 1.807) is 0 Å². The van der Waals surface area contributed by atoms with E-state index in [9.17, 15) is 0 Å². The lowest BCUT2D eigenvalue weighted by atomic mass is 9.99. The topological polar surface area (TPSA) is 38.0 Å². The minimum atomic E-state index is 0.301. The molecule has 0 heterocycles. The Labute approximate surface area is 131 Å². The molecule has 0 saturated heterocycles. The highest BCUT2D eigenvalue weighted by Gasteiger charge is 2.08.